The van der Waals surface area contributed by atoms with Crippen molar-refractivity contribution in [1.29, 1.82) is 0 Å². The van der Waals surface area contributed by atoms with Crippen LogP contribution in [0.4, 0.5) is 0 Å². The van der Waals surface area contributed by atoms with E-state index < -0.39 is 5.97 Å². The van der Waals surface area contributed by atoms with Crippen molar-refractivity contribution in [1.82, 2.24) is 0 Å². The zero-order valence-electron chi connectivity index (χ0n) is 10.5. The molecule has 0 amide bonds. The summed E-state index contributed by atoms with van der Waals surface area (Å²) in [4.78, 5) is 11.0. The summed E-state index contributed by atoms with van der Waals surface area (Å²) in [6.45, 7) is 0. The van der Waals surface area contributed by atoms with Crippen molar-refractivity contribution in [3.63, 3.8) is 0 Å². The van der Waals surface area contributed by atoms with E-state index in [0.717, 1.165) is 12.0 Å². The molecular formula is C16H18O2. The number of fused-ring (bicyclic) bond motifs is 2. The predicted octanol–water partition coefficient (Wildman–Crippen LogP) is 3.76. The van der Waals surface area contributed by atoms with Crippen molar-refractivity contribution < 1.29 is 9.90 Å². The third-order valence-corrected chi connectivity index (χ3v) is 4.48. The number of hydrogen-bond acceptors (Lipinski definition) is 1. The Kier molecular flexibility index (Phi) is 2.73. The van der Waals surface area contributed by atoms with E-state index in [1.165, 1.54) is 49.3 Å². The lowest BCUT2D eigenvalue weighted by molar-refractivity contribution is -0.131. The SMILES string of the molecule is O=C(O)/C=C1\CC2(CCCCC2)c2ccccc21. The summed E-state index contributed by atoms with van der Waals surface area (Å²) in [5, 5.41) is 9.01. The van der Waals surface area contributed by atoms with E-state index in [0.29, 0.717) is 0 Å². The molecule has 1 fully saturated rings. The van der Waals surface area contributed by atoms with Crippen molar-refractivity contribution in [2.75, 3.05) is 0 Å². The third kappa shape index (κ3) is 1.76. The molecule has 2 aliphatic rings. The van der Waals surface area contributed by atoms with Gasteiger partial charge in [0.2, 0.25) is 0 Å². The third-order valence-electron chi connectivity index (χ3n) is 4.48. The van der Waals surface area contributed by atoms with Gasteiger partial charge in [0, 0.05) is 6.08 Å². The molecule has 0 aromatic heterocycles. The molecule has 1 aromatic carbocycles. The summed E-state index contributed by atoms with van der Waals surface area (Å²) in [6, 6.07) is 8.37. The van der Waals surface area contributed by atoms with Crippen LogP contribution in [0.15, 0.2) is 30.3 Å². The van der Waals surface area contributed by atoms with Gasteiger partial charge in [0.25, 0.3) is 0 Å². The average molecular weight is 242 g/mol. The van der Waals surface area contributed by atoms with Crippen LogP contribution in [0.5, 0.6) is 0 Å². The van der Waals surface area contributed by atoms with Crippen LogP contribution in [0, 0.1) is 0 Å². The summed E-state index contributed by atoms with van der Waals surface area (Å²) >= 11 is 0. The molecule has 1 spiro atoms. The molecule has 0 atom stereocenters. The molecule has 2 aliphatic carbocycles. The summed E-state index contributed by atoms with van der Waals surface area (Å²) in [7, 11) is 0. The quantitative estimate of drug-likeness (QED) is 0.761. The maximum atomic E-state index is 11.0. The molecule has 2 heteroatoms. The zero-order chi connectivity index (χ0) is 12.6. The highest BCUT2D eigenvalue weighted by molar-refractivity contribution is 5.92. The van der Waals surface area contributed by atoms with Gasteiger partial charge in [-0.05, 0) is 41.4 Å². The van der Waals surface area contributed by atoms with Gasteiger partial charge in [0.05, 0.1) is 0 Å². The van der Waals surface area contributed by atoms with Crippen molar-refractivity contribution >= 4 is 11.5 Å². The molecule has 18 heavy (non-hydrogen) atoms. The lowest BCUT2D eigenvalue weighted by Crippen LogP contribution is -2.25. The fourth-order valence-corrected chi connectivity index (χ4v) is 3.73. The number of aliphatic carboxylic acids is 1. The number of allylic oxidation sites excluding steroid dienone is 1. The standard InChI is InChI=1S/C16H18O2/c17-15(18)10-12-11-16(8-4-1-5-9-16)14-7-3-2-6-13(12)14/h2-3,6-7,10H,1,4-5,8-9,11H2,(H,17,18)/b12-10+. The van der Waals surface area contributed by atoms with Gasteiger partial charge in [0.1, 0.15) is 0 Å². The fraction of sp³-hybridized carbons (Fsp3) is 0.438. The minimum atomic E-state index is -0.826. The Morgan fingerprint density at radius 1 is 1.17 bits per heavy atom. The first kappa shape index (κ1) is 11.5. The molecular weight excluding hydrogens is 224 g/mol. The lowest BCUT2D eigenvalue weighted by Gasteiger charge is -2.34. The smallest absolute Gasteiger partial charge is 0.328 e. The Labute approximate surface area is 107 Å². The summed E-state index contributed by atoms with van der Waals surface area (Å²) in [5.74, 6) is -0.826. The molecule has 3 rings (SSSR count). The molecule has 0 radical (unpaired) electrons. The second-order valence-electron chi connectivity index (χ2n) is 5.57. The molecule has 0 aliphatic heterocycles. The first-order valence-corrected chi connectivity index (χ1v) is 6.75. The summed E-state index contributed by atoms with van der Waals surface area (Å²) in [5.41, 5.74) is 3.80. The van der Waals surface area contributed by atoms with Crippen LogP contribution in [0.3, 0.4) is 0 Å². The van der Waals surface area contributed by atoms with E-state index in [-0.39, 0.29) is 5.41 Å². The lowest BCUT2D eigenvalue weighted by atomic mass is 9.70. The Bertz CT molecular complexity index is 508. The molecule has 1 saturated carbocycles. The van der Waals surface area contributed by atoms with Crippen LogP contribution in [0.25, 0.3) is 5.57 Å². The normalized spacial score (nSPS) is 23.2. The number of rotatable bonds is 1. The summed E-state index contributed by atoms with van der Waals surface area (Å²) in [6.07, 6.45) is 8.61. The largest absolute Gasteiger partial charge is 0.478 e. The monoisotopic (exact) mass is 242 g/mol. The molecule has 1 aromatic rings. The van der Waals surface area contributed by atoms with Gasteiger partial charge < -0.3 is 5.11 Å². The van der Waals surface area contributed by atoms with Crippen LogP contribution in [0.1, 0.15) is 49.7 Å². The highest BCUT2D eigenvalue weighted by Gasteiger charge is 2.41. The number of carboxylic acids is 1. The average Bonchev–Trinajstić information content (AvgIpc) is 2.65. The van der Waals surface area contributed by atoms with Crippen molar-refractivity contribution in [2.24, 2.45) is 0 Å². The predicted molar refractivity (Wildman–Crippen MR) is 71.4 cm³/mol. The van der Waals surface area contributed by atoms with E-state index in [9.17, 15) is 4.79 Å². The molecule has 0 heterocycles. The van der Waals surface area contributed by atoms with Crippen LogP contribution in [-0.2, 0) is 10.2 Å². The van der Waals surface area contributed by atoms with Gasteiger partial charge in [-0.1, -0.05) is 43.5 Å². The van der Waals surface area contributed by atoms with Crippen molar-refractivity contribution in [2.45, 2.75) is 43.9 Å². The first-order chi connectivity index (χ1) is 8.71. The first-order valence-electron chi connectivity index (χ1n) is 6.75. The Morgan fingerprint density at radius 3 is 2.61 bits per heavy atom. The molecule has 0 unspecified atom stereocenters. The Morgan fingerprint density at radius 2 is 1.89 bits per heavy atom. The van der Waals surface area contributed by atoms with Gasteiger partial charge in [-0.15, -0.1) is 0 Å². The second-order valence-corrected chi connectivity index (χ2v) is 5.57. The van der Waals surface area contributed by atoms with Crippen molar-refractivity contribution in [3.05, 3.63) is 41.5 Å². The van der Waals surface area contributed by atoms with Gasteiger partial charge in [0.15, 0.2) is 0 Å². The maximum Gasteiger partial charge on any atom is 0.328 e. The molecule has 1 N–H and O–H groups in total. The van der Waals surface area contributed by atoms with E-state index in [1.807, 2.05) is 6.07 Å². The van der Waals surface area contributed by atoms with E-state index in [2.05, 4.69) is 18.2 Å². The second kappa shape index (κ2) is 4.27. The van der Waals surface area contributed by atoms with Gasteiger partial charge in [-0.25, -0.2) is 4.79 Å². The van der Waals surface area contributed by atoms with Crippen LogP contribution in [0.2, 0.25) is 0 Å². The highest BCUT2D eigenvalue weighted by Crippen LogP contribution is 2.52. The number of benzene rings is 1. The van der Waals surface area contributed by atoms with Crippen LogP contribution in [-0.4, -0.2) is 11.1 Å². The highest BCUT2D eigenvalue weighted by atomic mass is 16.4. The van der Waals surface area contributed by atoms with Crippen molar-refractivity contribution in [3.8, 4) is 0 Å². The molecule has 94 valence electrons. The van der Waals surface area contributed by atoms with Crippen LogP contribution >= 0.6 is 0 Å². The molecule has 2 nitrogen and oxygen atoms in total. The number of carbonyl (C=O) groups is 1. The molecule has 0 bridgehead atoms. The van der Waals surface area contributed by atoms with Crippen LogP contribution < -0.4 is 0 Å². The van der Waals surface area contributed by atoms with Gasteiger partial charge >= 0.3 is 5.97 Å². The number of carboxylic acid groups (broad SMARTS) is 1. The Hall–Kier alpha value is -1.57. The summed E-state index contributed by atoms with van der Waals surface area (Å²) < 4.78 is 0. The fourth-order valence-electron chi connectivity index (χ4n) is 3.73. The van der Waals surface area contributed by atoms with Gasteiger partial charge in [-0.3, -0.25) is 0 Å². The van der Waals surface area contributed by atoms with E-state index in [4.69, 9.17) is 5.11 Å². The zero-order valence-corrected chi connectivity index (χ0v) is 10.5. The van der Waals surface area contributed by atoms with E-state index in [1.54, 1.807) is 0 Å². The van der Waals surface area contributed by atoms with E-state index >= 15 is 0 Å². The minimum absolute atomic E-state index is 0.232. The molecule has 0 saturated heterocycles. The minimum Gasteiger partial charge on any atom is -0.478 e. The van der Waals surface area contributed by atoms with Gasteiger partial charge in [-0.2, -0.15) is 0 Å². The topological polar surface area (TPSA) is 37.3 Å². The Balaban J connectivity index is 2.09. The number of hydrogen-bond donors (Lipinski definition) is 1. The maximum absolute atomic E-state index is 11.0.